The average molecular weight is 277 g/mol. The van der Waals surface area contributed by atoms with Crippen LogP contribution in [0, 0.1) is 0 Å². The zero-order chi connectivity index (χ0) is 12.8. The molecule has 0 spiro atoms. The number of aromatic nitrogens is 2. The molecule has 96 valence electrons. The Morgan fingerprint density at radius 1 is 1.47 bits per heavy atom. The van der Waals surface area contributed by atoms with E-state index in [1.807, 2.05) is 6.07 Å². The number of nitrogens with zero attached hydrogens (tertiary/aromatic N) is 2. The molecule has 1 aromatic heterocycles. The summed E-state index contributed by atoms with van der Waals surface area (Å²) in [5.74, 6) is 0.386. The van der Waals surface area contributed by atoms with Gasteiger partial charge < -0.3 is 0 Å². The van der Waals surface area contributed by atoms with Crippen molar-refractivity contribution in [2.45, 2.75) is 38.6 Å². The summed E-state index contributed by atoms with van der Waals surface area (Å²) in [4.78, 5) is 0. The van der Waals surface area contributed by atoms with Crippen LogP contribution in [0.1, 0.15) is 38.9 Å². The number of rotatable bonds is 1. The van der Waals surface area contributed by atoms with Gasteiger partial charge in [-0.1, -0.05) is 32.4 Å². The fourth-order valence-corrected chi connectivity index (χ4v) is 3.93. The molecule has 0 aromatic carbocycles. The van der Waals surface area contributed by atoms with E-state index in [0.29, 0.717) is 11.6 Å². The van der Waals surface area contributed by atoms with Crippen LogP contribution in [0.5, 0.6) is 0 Å². The van der Waals surface area contributed by atoms with Gasteiger partial charge in [0.2, 0.25) is 0 Å². The van der Waals surface area contributed by atoms with Crippen molar-refractivity contribution >= 4 is 21.4 Å². The van der Waals surface area contributed by atoms with Gasteiger partial charge in [-0.25, -0.2) is 13.1 Å². The lowest BCUT2D eigenvalue weighted by Gasteiger charge is -2.15. The van der Waals surface area contributed by atoms with Crippen LogP contribution >= 0.6 is 11.6 Å². The highest BCUT2D eigenvalue weighted by Crippen LogP contribution is 2.30. The summed E-state index contributed by atoms with van der Waals surface area (Å²) < 4.78 is 24.5. The molecule has 1 aliphatic rings. The van der Waals surface area contributed by atoms with Crippen molar-refractivity contribution in [3.8, 4) is 0 Å². The van der Waals surface area contributed by atoms with Crippen LogP contribution < -0.4 is 0 Å². The lowest BCUT2D eigenvalue weighted by Crippen LogP contribution is -2.16. The topological polar surface area (TPSA) is 52.0 Å². The molecule has 1 aromatic rings. The molecule has 17 heavy (non-hydrogen) atoms. The van der Waals surface area contributed by atoms with E-state index < -0.39 is 9.84 Å². The molecule has 0 bridgehead atoms. The summed E-state index contributed by atoms with van der Waals surface area (Å²) in [7, 11) is -2.91. The van der Waals surface area contributed by atoms with Gasteiger partial charge in [-0.05, 0) is 12.5 Å². The van der Waals surface area contributed by atoms with E-state index in [9.17, 15) is 8.42 Å². The summed E-state index contributed by atoms with van der Waals surface area (Å²) >= 11 is 6.13. The first-order valence-electron chi connectivity index (χ1n) is 5.65. The van der Waals surface area contributed by atoms with E-state index in [1.165, 1.54) is 0 Å². The number of hydrogen-bond acceptors (Lipinski definition) is 3. The van der Waals surface area contributed by atoms with Crippen molar-refractivity contribution < 1.29 is 8.42 Å². The molecule has 1 aliphatic heterocycles. The van der Waals surface area contributed by atoms with Gasteiger partial charge in [-0.2, -0.15) is 5.10 Å². The Kier molecular flexibility index (Phi) is 3.02. The third-order valence-electron chi connectivity index (χ3n) is 3.01. The third-order valence-corrected chi connectivity index (χ3v) is 5.05. The van der Waals surface area contributed by atoms with Crippen LogP contribution in [0.2, 0.25) is 5.15 Å². The largest absolute Gasteiger partial charge is 0.250 e. The minimum absolute atomic E-state index is 0.0770. The van der Waals surface area contributed by atoms with E-state index in [0.717, 1.165) is 5.69 Å². The molecule has 0 radical (unpaired) electrons. The van der Waals surface area contributed by atoms with Gasteiger partial charge in [0.05, 0.1) is 23.2 Å². The Bertz CT molecular complexity index is 528. The van der Waals surface area contributed by atoms with Gasteiger partial charge in [0, 0.05) is 5.41 Å². The van der Waals surface area contributed by atoms with E-state index >= 15 is 0 Å². The second-order valence-electron chi connectivity index (χ2n) is 5.60. The van der Waals surface area contributed by atoms with Crippen LogP contribution in [0.25, 0.3) is 0 Å². The molecule has 6 heteroatoms. The Hall–Kier alpha value is -0.550. The Labute approximate surface area is 107 Å². The van der Waals surface area contributed by atoms with E-state index in [1.54, 1.807) is 4.68 Å². The molecule has 0 N–H and O–H groups in total. The Morgan fingerprint density at radius 2 is 2.12 bits per heavy atom. The molecule has 0 saturated carbocycles. The molecule has 2 heterocycles. The lowest BCUT2D eigenvalue weighted by atomic mass is 9.93. The predicted octanol–water partition coefficient (Wildman–Crippen LogP) is 2.19. The highest BCUT2D eigenvalue weighted by molar-refractivity contribution is 7.91. The standard InChI is InChI=1S/C11H17ClN2O2S/c1-11(2,3)9-6-10(12)14(13-9)8-4-5-17(15,16)7-8/h6,8H,4-5,7H2,1-3H3. The first kappa shape index (κ1) is 12.9. The van der Waals surface area contributed by atoms with Crippen LogP contribution in [0.4, 0.5) is 0 Å². The summed E-state index contributed by atoms with van der Waals surface area (Å²) in [6.45, 7) is 6.17. The van der Waals surface area contributed by atoms with Crippen molar-refractivity contribution in [1.29, 1.82) is 0 Å². The highest BCUT2D eigenvalue weighted by Gasteiger charge is 2.32. The summed E-state index contributed by atoms with van der Waals surface area (Å²) in [6.07, 6.45) is 0.604. The van der Waals surface area contributed by atoms with Gasteiger partial charge >= 0.3 is 0 Å². The van der Waals surface area contributed by atoms with E-state index in [-0.39, 0.29) is 23.0 Å². The molecular formula is C11H17ClN2O2S. The van der Waals surface area contributed by atoms with Crippen molar-refractivity contribution in [1.82, 2.24) is 9.78 Å². The van der Waals surface area contributed by atoms with Crippen LogP contribution in [0.15, 0.2) is 6.07 Å². The van der Waals surface area contributed by atoms with Crippen molar-refractivity contribution in [3.05, 3.63) is 16.9 Å². The average Bonchev–Trinajstić information content (AvgIpc) is 2.68. The third kappa shape index (κ3) is 2.65. The molecular weight excluding hydrogens is 260 g/mol. The smallest absolute Gasteiger partial charge is 0.152 e. The molecule has 1 saturated heterocycles. The number of hydrogen-bond donors (Lipinski definition) is 0. The molecule has 4 nitrogen and oxygen atoms in total. The zero-order valence-corrected chi connectivity index (χ0v) is 11.8. The molecule has 1 atom stereocenters. The number of halogens is 1. The highest BCUT2D eigenvalue weighted by atomic mass is 35.5. The van der Waals surface area contributed by atoms with Crippen molar-refractivity contribution in [3.63, 3.8) is 0 Å². The maximum Gasteiger partial charge on any atom is 0.152 e. The first-order valence-corrected chi connectivity index (χ1v) is 7.85. The second kappa shape index (κ2) is 3.99. The molecule has 1 fully saturated rings. The van der Waals surface area contributed by atoms with Gasteiger partial charge in [-0.15, -0.1) is 0 Å². The molecule has 0 aliphatic carbocycles. The Morgan fingerprint density at radius 3 is 2.53 bits per heavy atom. The SMILES string of the molecule is CC(C)(C)c1cc(Cl)n(C2CCS(=O)(=O)C2)n1. The monoisotopic (exact) mass is 276 g/mol. The molecule has 1 unspecified atom stereocenters. The normalized spacial score (nSPS) is 24.1. The summed E-state index contributed by atoms with van der Waals surface area (Å²) in [5.41, 5.74) is 0.818. The van der Waals surface area contributed by atoms with Gasteiger partial charge in [-0.3, -0.25) is 0 Å². The number of sulfone groups is 1. The molecule has 2 rings (SSSR count). The molecule has 0 amide bonds. The van der Waals surface area contributed by atoms with Gasteiger partial charge in [0.1, 0.15) is 5.15 Å². The van der Waals surface area contributed by atoms with Crippen LogP contribution in [-0.2, 0) is 15.3 Å². The minimum Gasteiger partial charge on any atom is -0.250 e. The maximum absolute atomic E-state index is 11.4. The van der Waals surface area contributed by atoms with Gasteiger partial charge in [0.25, 0.3) is 0 Å². The summed E-state index contributed by atoms with van der Waals surface area (Å²) in [5, 5.41) is 4.97. The maximum atomic E-state index is 11.4. The minimum atomic E-state index is -2.91. The van der Waals surface area contributed by atoms with Gasteiger partial charge in [0.15, 0.2) is 9.84 Å². The lowest BCUT2D eigenvalue weighted by molar-refractivity contribution is 0.475. The van der Waals surface area contributed by atoms with Crippen molar-refractivity contribution in [2.24, 2.45) is 0 Å². The van der Waals surface area contributed by atoms with E-state index in [2.05, 4.69) is 25.9 Å². The van der Waals surface area contributed by atoms with Crippen LogP contribution in [0.3, 0.4) is 0 Å². The van der Waals surface area contributed by atoms with E-state index in [4.69, 9.17) is 11.6 Å². The fraction of sp³-hybridized carbons (Fsp3) is 0.727. The summed E-state index contributed by atoms with van der Waals surface area (Å²) in [6, 6.07) is 1.72. The Balaban J connectivity index is 2.32. The first-order chi connectivity index (χ1) is 7.69. The quantitative estimate of drug-likeness (QED) is 0.790. The second-order valence-corrected chi connectivity index (χ2v) is 8.22. The predicted molar refractivity (Wildman–Crippen MR) is 68.2 cm³/mol. The van der Waals surface area contributed by atoms with Crippen molar-refractivity contribution in [2.75, 3.05) is 11.5 Å². The fourth-order valence-electron chi connectivity index (χ4n) is 1.96. The van der Waals surface area contributed by atoms with Crippen LogP contribution in [-0.4, -0.2) is 29.7 Å². The zero-order valence-electron chi connectivity index (χ0n) is 10.3.